The number of hydrogen-bond acceptors (Lipinski definition) is 1. The van der Waals surface area contributed by atoms with Gasteiger partial charge in [-0.05, 0) is 43.7 Å². The van der Waals surface area contributed by atoms with Crippen molar-refractivity contribution in [1.82, 2.24) is 0 Å². The fourth-order valence-electron chi connectivity index (χ4n) is 3.01. The van der Waals surface area contributed by atoms with Crippen molar-refractivity contribution in [3.05, 3.63) is 34.9 Å². The van der Waals surface area contributed by atoms with Crippen molar-refractivity contribution < 1.29 is 18.7 Å². The van der Waals surface area contributed by atoms with E-state index in [4.69, 9.17) is 0 Å². The minimum Gasteiger partial charge on any atom is -0.481 e. The summed E-state index contributed by atoms with van der Waals surface area (Å²) in [5.74, 6) is -3.15. The third-order valence-electron chi connectivity index (χ3n) is 4.12. The van der Waals surface area contributed by atoms with Gasteiger partial charge in [0.1, 0.15) is 11.6 Å². The van der Waals surface area contributed by atoms with Gasteiger partial charge < -0.3 is 5.11 Å². The molecule has 1 fully saturated rings. The average Bonchev–Trinajstić information content (AvgIpc) is 2.34. The SMILES string of the molecule is Cc1ccc(F)c(C2CC(C)CCC2C(=O)O)c1F. The summed E-state index contributed by atoms with van der Waals surface area (Å²) in [7, 11) is 0. The molecule has 0 saturated heterocycles. The number of aliphatic carboxylic acids is 1. The number of carboxylic acid groups (broad SMARTS) is 1. The van der Waals surface area contributed by atoms with Crippen LogP contribution in [-0.4, -0.2) is 11.1 Å². The summed E-state index contributed by atoms with van der Waals surface area (Å²) in [5, 5.41) is 9.26. The van der Waals surface area contributed by atoms with Gasteiger partial charge in [0.05, 0.1) is 5.92 Å². The van der Waals surface area contributed by atoms with Crippen molar-refractivity contribution in [3.63, 3.8) is 0 Å². The van der Waals surface area contributed by atoms with Crippen molar-refractivity contribution in [3.8, 4) is 0 Å². The van der Waals surface area contributed by atoms with Crippen LogP contribution in [0.5, 0.6) is 0 Å². The standard InChI is InChI=1S/C15H18F2O2/c1-8-3-5-10(15(18)19)11(7-8)13-12(16)6-4-9(2)14(13)17/h4,6,8,10-11H,3,5,7H2,1-2H3,(H,18,19). The first-order valence-corrected chi connectivity index (χ1v) is 6.59. The van der Waals surface area contributed by atoms with Gasteiger partial charge in [-0.1, -0.05) is 13.0 Å². The fourth-order valence-corrected chi connectivity index (χ4v) is 3.01. The molecular weight excluding hydrogens is 250 g/mol. The number of hydrogen-bond donors (Lipinski definition) is 1. The maximum Gasteiger partial charge on any atom is 0.307 e. The van der Waals surface area contributed by atoms with Crippen molar-refractivity contribution in [2.45, 2.75) is 39.0 Å². The smallest absolute Gasteiger partial charge is 0.307 e. The van der Waals surface area contributed by atoms with E-state index in [1.165, 1.54) is 12.1 Å². The predicted molar refractivity (Wildman–Crippen MR) is 68.0 cm³/mol. The largest absolute Gasteiger partial charge is 0.481 e. The zero-order valence-corrected chi connectivity index (χ0v) is 11.1. The lowest BCUT2D eigenvalue weighted by Gasteiger charge is -2.33. The summed E-state index contributed by atoms with van der Waals surface area (Å²) in [5.41, 5.74) is 0.317. The Bertz CT molecular complexity index is 499. The Morgan fingerprint density at radius 1 is 1.32 bits per heavy atom. The van der Waals surface area contributed by atoms with Gasteiger partial charge in [0.25, 0.3) is 0 Å². The topological polar surface area (TPSA) is 37.3 Å². The molecule has 19 heavy (non-hydrogen) atoms. The van der Waals surface area contributed by atoms with Crippen LogP contribution in [0.4, 0.5) is 8.78 Å². The molecule has 2 nitrogen and oxygen atoms in total. The Kier molecular flexibility index (Phi) is 3.88. The normalized spacial score (nSPS) is 27.3. The molecule has 1 saturated carbocycles. The van der Waals surface area contributed by atoms with Crippen molar-refractivity contribution in [2.75, 3.05) is 0 Å². The van der Waals surface area contributed by atoms with Crippen LogP contribution in [0.2, 0.25) is 0 Å². The van der Waals surface area contributed by atoms with Crippen LogP contribution in [0.25, 0.3) is 0 Å². The van der Waals surface area contributed by atoms with Gasteiger partial charge in [-0.3, -0.25) is 4.79 Å². The monoisotopic (exact) mass is 268 g/mol. The maximum absolute atomic E-state index is 14.2. The molecule has 0 aromatic heterocycles. The van der Waals surface area contributed by atoms with Crippen LogP contribution < -0.4 is 0 Å². The van der Waals surface area contributed by atoms with Crippen LogP contribution in [0.3, 0.4) is 0 Å². The van der Waals surface area contributed by atoms with Gasteiger partial charge in [-0.2, -0.15) is 0 Å². The van der Waals surface area contributed by atoms with E-state index in [2.05, 4.69) is 0 Å². The van der Waals surface area contributed by atoms with Gasteiger partial charge in [-0.25, -0.2) is 8.78 Å². The van der Waals surface area contributed by atoms with Gasteiger partial charge in [0.15, 0.2) is 0 Å². The highest BCUT2D eigenvalue weighted by Crippen LogP contribution is 2.42. The molecule has 3 atom stereocenters. The molecule has 1 aliphatic carbocycles. The fraction of sp³-hybridized carbons (Fsp3) is 0.533. The van der Waals surface area contributed by atoms with E-state index >= 15 is 0 Å². The molecule has 0 spiro atoms. The first-order valence-electron chi connectivity index (χ1n) is 6.59. The first kappa shape index (κ1) is 14.0. The first-order chi connectivity index (χ1) is 8.91. The molecule has 1 aromatic carbocycles. The third-order valence-corrected chi connectivity index (χ3v) is 4.12. The van der Waals surface area contributed by atoms with Crippen molar-refractivity contribution in [1.29, 1.82) is 0 Å². The zero-order valence-electron chi connectivity index (χ0n) is 11.1. The number of halogens is 2. The van der Waals surface area contributed by atoms with E-state index in [0.29, 0.717) is 24.3 Å². The highest BCUT2D eigenvalue weighted by atomic mass is 19.1. The van der Waals surface area contributed by atoms with Gasteiger partial charge in [0, 0.05) is 11.5 Å². The molecular formula is C15H18F2O2. The van der Waals surface area contributed by atoms with Crippen molar-refractivity contribution >= 4 is 5.97 Å². The number of rotatable bonds is 2. The molecule has 0 radical (unpaired) electrons. The molecule has 1 aromatic rings. The Labute approximate surface area is 111 Å². The summed E-state index contributed by atoms with van der Waals surface area (Å²) in [6.07, 6.45) is 1.80. The quantitative estimate of drug-likeness (QED) is 0.883. The summed E-state index contributed by atoms with van der Waals surface area (Å²) >= 11 is 0. The van der Waals surface area contributed by atoms with Crippen LogP contribution in [-0.2, 0) is 4.79 Å². The molecule has 1 aliphatic rings. The molecule has 0 amide bonds. The van der Waals surface area contributed by atoms with Crippen molar-refractivity contribution in [2.24, 2.45) is 11.8 Å². The van der Waals surface area contributed by atoms with Crippen LogP contribution in [0.1, 0.15) is 43.2 Å². The number of carboxylic acids is 1. The van der Waals surface area contributed by atoms with Gasteiger partial charge >= 0.3 is 5.97 Å². The lowest BCUT2D eigenvalue weighted by molar-refractivity contribution is -0.143. The van der Waals surface area contributed by atoms with E-state index < -0.39 is 29.4 Å². The average molecular weight is 268 g/mol. The van der Waals surface area contributed by atoms with Gasteiger partial charge in [-0.15, -0.1) is 0 Å². The Balaban J connectivity index is 2.47. The predicted octanol–water partition coefficient (Wildman–Crippen LogP) is 3.88. The zero-order chi connectivity index (χ0) is 14.2. The second-order valence-corrected chi connectivity index (χ2v) is 5.56. The summed E-state index contributed by atoms with van der Waals surface area (Å²) in [4.78, 5) is 11.3. The molecule has 4 heteroatoms. The van der Waals surface area contributed by atoms with Crippen LogP contribution in [0.15, 0.2) is 12.1 Å². The second-order valence-electron chi connectivity index (χ2n) is 5.56. The van der Waals surface area contributed by atoms with Crippen LogP contribution >= 0.6 is 0 Å². The Morgan fingerprint density at radius 3 is 2.63 bits per heavy atom. The summed E-state index contributed by atoms with van der Waals surface area (Å²) < 4.78 is 28.1. The summed E-state index contributed by atoms with van der Waals surface area (Å²) in [6, 6.07) is 2.61. The minimum atomic E-state index is -0.961. The highest BCUT2D eigenvalue weighted by Gasteiger charge is 2.37. The lowest BCUT2D eigenvalue weighted by Crippen LogP contribution is -2.29. The molecule has 0 heterocycles. The van der Waals surface area contributed by atoms with E-state index in [0.717, 1.165) is 6.42 Å². The summed E-state index contributed by atoms with van der Waals surface area (Å²) in [6.45, 7) is 3.57. The van der Waals surface area contributed by atoms with Crippen LogP contribution in [0, 0.1) is 30.4 Å². The van der Waals surface area contributed by atoms with E-state index in [1.807, 2.05) is 6.92 Å². The molecule has 104 valence electrons. The second kappa shape index (κ2) is 5.27. The Hall–Kier alpha value is -1.45. The van der Waals surface area contributed by atoms with E-state index in [9.17, 15) is 18.7 Å². The third kappa shape index (κ3) is 2.62. The van der Waals surface area contributed by atoms with Gasteiger partial charge in [0.2, 0.25) is 0 Å². The molecule has 0 bridgehead atoms. The maximum atomic E-state index is 14.2. The minimum absolute atomic E-state index is 0.0426. The lowest BCUT2D eigenvalue weighted by atomic mass is 9.71. The van der Waals surface area contributed by atoms with E-state index in [-0.39, 0.29) is 5.56 Å². The number of benzene rings is 1. The molecule has 2 rings (SSSR count). The molecule has 1 N–H and O–H groups in total. The molecule has 0 aliphatic heterocycles. The highest BCUT2D eigenvalue weighted by molar-refractivity contribution is 5.71. The Morgan fingerprint density at radius 2 is 2.00 bits per heavy atom. The van der Waals surface area contributed by atoms with E-state index in [1.54, 1.807) is 6.92 Å². The molecule has 3 unspecified atom stereocenters. The number of carbonyl (C=O) groups is 1. The number of aryl methyl sites for hydroxylation is 1.